The van der Waals surface area contributed by atoms with E-state index in [4.69, 9.17) is 11.6 Å². The molecule has 0 saturated heterocycles. The summed E-state index contributed by atoms with van der Waals surface area (Å²) in [6.45, 7) is 1.68. The molecule has 0 amide bonds. The van der Waals surface area contributed by atoms with E-state index in [1.165, 1.54) is 6.07 Å². The zero-order chi connectivity index (χ0) is 13.2. The molecule has 18 heavy (non-hydrogen) atoms. The molecule has 0 radical (unpaired) electrons. The van der Waals surface area contributed by atoms with E-state index in [1.807, 2.05) is 30.3 Å². The Morgan fingerprint density at radius 3 is 2.44 bits per heavy atom. The minimum Gasteiger partial charge on any atom is -0.385 e. The summed E-state index contributed by atoms with van der Waals surface area (Å²) < 4.78 is 13.7. The second-order valence-electron chi connectivity index (χ2n) is 4.55. The predicted octanol–water partition coefficient (Wildman–Crippen LogP) is 3.93. The first-order valence-electron chi connectivity index (χ1n) is 5.71. The van der Waals surface area contributed by atoms with Crippen LogP contribution in [0.2, 0.25) is 5.02 Å². The molecule has 0 aromatic heterocycles. The fourth-order valence-corrected chi connectivity index (χ4v) is 2.09. The third kappa shape index (κ3) is 2.89. The van der Waals surface area contributed by atoms with Crippen LogP contribution in [0.3, 0.4) is 0 Å². The van der Waals surface area contributed by atoms with Crippen molar-refractivity contribution in [3.05, 3.63) is 70.5 Å². The molecule has 0 spiro atoms. The average Bonchev–Trinajstić information content (AvgIpc) is 2.34. The van der Waals surface area contributed by atoms with Crippen molar-refractivity contribution in [3.63, 3.8) is 0 Å². The van der Waals surface area contributed by atoms with Crippen molar-refractivity contribution in [2.75, 3.05) is 0 Å². The lowest BCUT2D eigenvalue weighted by Crippen LogP contribution is -2.24. The summed E-state index contributed by atoms with van der Waals surface area (Å²) in [5, 5.41) is 10.8. The highest BCUT2D eigenvalue weighted by Crippen LogP contribution is 2.27. The Kier molecular flexibility index (Phi) is 3.69. The summed E-state index contributed by atoms with van der Waals surface area (Å²) in [6.07, 6.45) is 0.208. The minimum absolute atomic E-state index is 0.208. The van der Waals surface area contributed by atoms with Crippen molar-refractivity contribution in [3.8, 4) is 0 Å². The van der Waals surface area contributed by atoms with Crippen LogP contribution in [0.5, 0.6) is 0 Å². The van der Waals surface area contributed by atoms with Crippen LogP contribution in [-0.4, -0.2) is 5.11 Å². The molecule has 1 unspecified atom stereocenters. The lowest BCUT2D eigenvalue weighted by molar-refractivity contribution is 0.0567. The normalized spacial score (nSPS) is 14.2. The van der Waals surface area contributed by atoms with Gasteiger partial charge in [-0.15, -0.1) is 0 Å². The van der Waals surface area contributed by atoms with Gasteiger partial charge in [-0.25, -0.2) is 4.39 Å². The molecule has 3 heteroatoms. The van der Waals surface area contributed by atoms with Crippen LogP contribution in [0.15, 0.2) is 48.5 Å². The van der Waals surface area contributed by atoms with Crippen molar-refractivity contribution in [2.45, 2.75) is 18.9 Å². The third-order valence-corrected chi connectivity index (χ3v) is 3.18. The maximum absolute atomic E-state index is 13.7. The fourth-order valence-electron chi connectivity index (χ4n) is 1.94. The lowest BCUT2D eigenvalue weighted by atomic mass is 9.89. The van der Waals surface area contributed by atoms with Crippen LogP contribution in [0.25, 0.3) is 0 Å². The largest absolute Gasteiger partial charge is 0.385 e. The monoisotopic (exact) mass is 264 g/mol. The lowest BCUT2D eigenvalue weighted by Gasteiger charge is -2.24. The smallest absolute Gasteiger partial charge is 0.127 e. The summed E-state index contributed by atoms with van der Waals surface area (Å²) in [5.41, 5.74) is 0.114. The Hall–Kier alpha value is -1.38. The molecule has 1 N–H and O–H groups in total. The summed E-state index contributed by atoms with van der Waals surface area (Å²) >= 11 is 5.70. The summed E-state index contributed by atoms with van der Waals surface area (Å²) in [7, 11) is 0. The van der Waals surface area contributed by atoms with E-state index in [2.05, 4.69) is 0 Å². The first kappa shape index (κ1) is 13.1. The van der Waals surface area contributed by atoms with Gasteiger partial charge >= 0.3 is 0 Å². The molecular formula is C15H14ClFO. The van der Waals surface area contributed by atoms with Gasteiger partial charge in [0.2, 0.25) is 0 Å². The van der Waals surface area contributed by atoms with Gasteiger partial charge in [-0.2, -0.15) is 0 Å². The fraction of sp³-hybridized carbons (Fsp3) is 0.200. The van der Waals surface area contributed by atoms with E-state index in [1.54, 1.807) is 19.1 Å². The molecule has 0 heterocycles. The van der Waals surface area contributed by atoms with Gasteiger partial charge < -0.3 is 5.11 Å². The van der Waals surface area contributed by atoms with Crippen LogP contribution < -0.4 is 0 Å². The van der Waals surface area contributed by atoms with Crippen LogP contribution in [0, 0.1) is 5.82 Å². The number of halogens is 2. The zero-order valence-electron chi connectivity index (χ0n) is 10.0. The molecule has 1 nitrogen and oxygen atoms in total. The van der Waals surface area contributed by atoms with E-state index >= 15 is 0 Å². The first-order chi connectivity index (χ1) is 8.49. The van der Waals surface area contributed by atoms with E-state index < -0.39 is 11.4 Å². The van der Waals surface area contributed by atoms with Gasteiger partial charge in [-0.05, 0) is 30.2 Å². The Balaban J connectivity index is 2.28. The molecule has 0 aliphatic carbocycles. The van der Waals surface area contributed by atoms with E-state index in [0.29, 0.717) is 10.6 Å². The minimum atomic E-state index is -1.10. The Morgan fingerprint density at radius 1 is 1.17 bits per heavy atom. The van der Waals surface area contributed by atoms with Gasteiger partial charge in [-0.1, -0.05) is 48.0 Å². The maximum Gasteiger partial charge on any atom is 0.127 e. The molecule has 2 aromatic rings. The van der Waals surface area contributed by atoms with E-state index in [0.717, 1.165) is 5.56 Å². The molecule has 94 valence electrons. The first-order valence-corrected chi connectivity index (χ1v) is 6.09. The van der Waals surface area contributed by atoms with Gasteiger partial charge in [0.15, 0.2) is 0 Å². The number of benzene rings is 2. The second kappa shape index (κ2) is 5.09. The predicted molar refractivity (Wildman–Crippen MR) is 71.1 cm³/mol. The Morgan fingerprint density at radius 2 is 1.83 bits per heavy atom. The van der Waals surface area contributed by atoms with Gasteiger partial charge in [0.25, 0.3) is 0 Å². The van der Waals surface area contributed by atoms with Crippen LogP contribution in [0.4, 0.5) is 4.39 Å². The quantitative estimate of drug-likeness (QED) is 0.891. The van der Waals surface area contributed by atoms with Gasteiger partial charge in [-0.3, -0.25) is 0 Å². The van der Waals surface area contributed by atoms with E-state index in [-0.39, 0.29) is 6.42 Å². The summed E-state index contributed by atoms with van der Waals surface area (Å²) in [6, 6.07) is 13.7. The Labute approximate surface area is 111 Å². The molecule has 0 aliphatic heterocycles. The molecule has 1 atom stereocenters. The highest BCUT2D eigenvalue weighted by molar-refractivity contribution is 6.30. The second-order valence-corrected chi connectivity index (χ2v) is 4.99. The maximum atomic E-state index is 13.7. The molecule has 0 aliphatic rings. The summed E-state index contributed by atoms with van der Waals surface area (Å²) in [5.74, 6) is -0.390. The average molecular weight is 265 g/mol. The molecule has 2 aromatic carbocycles. The van der Waals surface area contributed by atoms with Gasteiger partial charge in [0.05, 0.1) is 5.60 Å². The van der Waals surface area contributed by atoms with Crippen molar-refractivity contribution < 1.29 is 9.50 Å². The SMILES string of the molecule is CC(O)(Cc1ccc(Cl)cc1F)c1ccccc1. The number of hydrogen-bond donors (Lipinski definition) is 1. The molecule has 0 fully saturated rings. The topological polar surface area (TPSA) is 20.2 Å². The third-order valence-electron chi connectivity index (χ3n) is 2.95. The van der Waals surface area contributed by atoms with Gasteiger partial charge in [0, 0.05) is 11.4 Å². The standard InChI is InChI=1S/C15H14ClFO/c1-15(18,12-5-3-2-4-6-12)10-11-7-8-13(16)9-14(11)17/h2-9,18H,10H2,1H3. The van der Waals surface area contributed by atoms with Crippen molar-refractivity contribution in [1.82, 2.24) is 0 Å². The van der Waals surface area contributed by atoms with Crippen LogP contribution >= 0.6 is 11.6 Å². The number of rotatable bonds is 3. The molecular weight excluding hydrogens is 251 g/mol. The number of aliphatic hydroxyl groups is 1. The highest BCUT2D eigenvalue weighted by Gasteiger charge is 2.24. The number of hydrogen-bond acceptors (Lipinski definition) is 1. The zero-order valence-corrected chi connectivity index (χ0v) is 10.8. The van der Waals surface area contributed by atoms with Crippen molar-refractivity contribution in [2.24, 2.45) is 0 Å². The van der Waals surface area contributed by atoms with Crippen LogP contribution in [0.1, 0.15) is 18.1 Å². The van der Waals surface area contributed by atoms with Crippen LogP contribution in [-0.2, 0) is 12.0 Å². The molecule has 2 rings (SSSR count). The molecule has 0 bridgehead atoms. The van der Waals surface area contributed by atoms with Crippen molar-refractivity contribution in [1.29, 1.82) is 0 Å². The molecule has 0 saturated carbocycles. The highest BCUT2D eigenvalue weighted by atomic mass is 35.5. The van der Waals surface area contributed by atoms with Crippen molar-refractivity contribution >= 4 is 11.6 Å². The van der Waals surface area contributed by atoms with E-state index in [9.17, 15) is 9.50 Å². The Bertz CT molecular complexity index is 537. The summed E-state index contributed by atoms with van der Waals surface area (Å²) in [4.78, 5) is 0. The van der Waals surface area contributed by atoms with Gasteiger partial charge in [0.1, 0.15) is 5.82 Å².